The molecule has 3 aromatic rings. The summed E-state index contributed by atoms with van der Waals surface area (Å²) in [5.74, 6) is 0.757. The predicted molar refractivity (Wildman–Crippen MR) is 184 cm³/mol. The second-order valence-corrected chi connectivity index (χ2v) is 14.2. The summed E-state index contributed by atoms with van der Waals surface area (Å²) >= 11 is 6.26. The van der Waals surface area contributed by atoms with E-state index < -0.39 is 12.1 Å². The number of fused-ring (bicyclic) bond motifs is 1. The lowest BCUT2D eigenvalue weighted by molar-refractivity contribution is -0.124. The van der Waals surface area contributed by atoms with Gasteiger partial charge in [0.25, 0.3) is 0 Å². The Bertz CT molecular complexity index is 1630. The molecule has 0 saturated carbocycles. The molecule has 47 heavy (non-hydrogen) atoms. The maximum Gasteiger partial charge on any atom is 0.407 e. The number of likely N-dealkylation sites (tertiary alicyclic amines) is 1. The van der Waals surface area contributed by atoms with Gasteiger partial charge >= 0.3 is 6.09 Å². The van der Waals surface area contributed by atoms with Crippen molar-refractivity contribution < 1.29 is 29.0 Å². The smallest absolute Gasteiger partial charge is 0.407 e. The lowest BCUT2D eigenvalue weighted by Crippen LogP contribution is -2.53. The molecule has 3 unspecified atom stereocenters. The van der Waals surface area contributed by atoms with Gasteiger partial charge in [0.1, 0.15) is 0 Å². The highest BCUT2D eigenvalue weighted by Gasteiger charge is 2.42. The first kappa shape index (κ1) is 34.1. The minimum atomic E-state index is -0.950. The number of halogens is 1. The van der Waals surface area contributed by atoms with Crippen LogP contribution in [0.15, 0.2) is 60.7 Å². The van der Waals surface area contributed by atoms with Gasteiger partial charge in [0.05, 0.1) is 25.7 Å². The number of nitrogens with zero attached hydrogens (tertiary/aromatic N) is 3. The molecule has 5 rings (SSSR count). The summed E-state index contributed by atoms with van der Waals surface area (Å²) in [5.41, 5.74) is 3.77. The monoisotopic (exact) mass is 661 g/mol. The van der Waals surface area contributed by atoms with Gasteiger partial charge < -0.3 is 29.3 Å². The van der Waals surface area contributed by atoms with Gasteiger partial charge in [-0.1, -0.05) is 44.5 Å². The Balaban J connectivity index is 1.46. The van der Waals surface area contributed by atoms with Gasteiger partial charge in [0.2, 0.25) is 11.8 Å². The standard InChI is InChI=1S/C37H44ClN3O6/c1-22(2)47-31-21-29-25(18-30(31)46-7)20-33(42)41(34(29)23-8-10-26(38)11-9-23)28-14-12-27(13-15-28)39(6)35(43)24-16-17-40(36(44)45)32(19-24)37(3,4)5/h8-15,18,21-22,24,32,34H,16-17,19-20H2,1-7H3,(H,44,45). The van der Waals surface area contributed by atoms with Crippen molar-refractivity contribution >= 4 is 40.9 Å². The van der Waals surface area contributed by atoms with E-state index in [0.29, 0.717) is 47.3 Å². The zero-order valence-corrected chi connectivity index (χ0v) is 28.9. The summed E-state index contributed by atoms with van der Waals surface area (Å²) in [6.07, 6.45) is 0.0946. The van der Waals surface area contributed by atoms with Crippen molar-refractivity contribution in [2.24, 2.45) is 11.3 Å². The summed E-state index contributed by atoms with van der Waals surface area (Å²) in [6.45, 7) is 10.3. The zero-order valence-electron chi connectivity index (χ0n) is 28.1. The summed E-state index contributed by atoms with van der Waals surface area (Å²) in [4.78, 5) is 44.4. The van der Waals surface area contributed by atoms with Gasteiger partial charge in [-0.15, -0.1) is 0 Å². The second-order valence-electron chi connectivity index (χ2n) is 13.8. The fourth-order valence-electron chi connectivity index (χ4n) is 6.81. The van der Waals surface area contributed by atoms with Crippen molar-refractivity contribution in [3.63, 3.8) is 0 Å². The SMILES string of the molecule is COc1cc2c(cc1OC(C)C)C(c1ccc(Cl)cc1)N(c1ccc(N(C)C(=O)C3CCN(C(=O)O)C(C(C)(C)C)C3)cc1)C(=O)C2. The van der Waals surface area contributed by atoms with E-state index in [1.54, 1.807) is 24.0 Å². The second kappa shape index (κ2) is 13.5. The van der Waals surface area contributed by atoms with Crippen LogP contribution in [-0.2, 0) is 16.0 Å². The zero-order chi connectivity index (χ0) is 34.2. The first-order chi connectivity index (χ1) is 22.2. The van der Waals surface area contributed by atoms with E-state index in [1.807, 2.05) is 95.3 Å². The number of methoxy groups -OCH3 is 1. The number of hydrogen-bond acceptors (Lipinski definition) is 5. The molecule has 250 valence electrons. The van der Waals surface area contributed by atoms with Crippen LogP contribution in [0, 0.1) is 11.3 Å². The van der Waals surface area contributed by atoms with E-state index in [1.165, 1.54) is 4.90 Å². The third kappa shape index (κ3) is 7.05. The fourth-order valence-corrected chi connectivity index (χ4v) is 6.93. The van der Waals surface area contributed by atoms with E-state index in [0.717, 1.165) is 16.7 Å². The third-order valence-electron chi connectivity index (χ3n) is 9.18. The van der Waals surface area contributed by atoms with Gasteiger partial charge in [-0.2, -0.15) is 0 Å². The van der Waals surface area contributed by atoms with E-state index in [2.05, 4.69) is 0 Å². The molecule has 2 aliphatic rings. The number of hydrogen-bond donors (Lipinski definition) is 1. The summed E-state index contributed by atoms with van der Waals surface area (Å²) in [6, 6.07) is 18.1. The van der Waals surface area contributed by atoms with E-state index >= 15 is 0 Å². The molecule has 0 radical (unpaired) electrons. The van der Waals surface area contributed by atoms with Crippen LogP contribution in [0.4, 0.5) is 16.2 Å². The number of carboxylic acid groups (broad SMARTS) is 1. The van der Waals surface area contributed by atoms with Crippen molar-refractivity contribution in [1.29, 1.82) is 0 Å². The van der Waals surface area contributed by atoms with Crippen LogP contribution in [0.1, 0.15) is 70.2 Å². The quantitative estimate of drug-likeness (QED) is 0.280. The lowest BCUT2D eigenvalue weighted by atomic mass is 9.76. The van der Waals surface area contributed by atoms with Crippen LogP contribution in [0.2, 0.25) is 5.02 Å². The van der Waals surface area contributed by atoms with Crippen LogP contribution in [0.5, 0.6) is 11.5 Å². The number of carbonyl (C=O) groups excluding carboxylic acids is 2. The normalized spacial score (nSPS) is 19.8. The number of ether oxygens (including phenoxy) is 2. The Morgan fingerprint density at radius 2 is 1.68 bits per heavy atom. The van der Waals surface area contributed by atoms with E-state index in [-0.39, 0.29) is 41.7 Å². The van der Waals surface area contributed by atoms with Crippen LogP contribution >= 0.6 is 11.6 Å². The molecule has 10 heteroatoms. The van der Waals surface area contributed by atoms with Crippen molar-refractivity contribution in [1.82, 2.24) is 4.90 Å². The van der Waals surface area contributed by atoms with Gasteiger partial charge in [-0.05, 0) is 97.3 Å². The van der Waals surface area contributed by atoms with Crippen LogP contribution < -0.4 is 19.3 Å². The molecule has 1 saturated heterocycles. The van der Waals surface area contributed by atoms with Gasteiger partial charge in [0, 0.05) is 41.9 Å². The number of rotatable bonds is 7. The van der Waals surface area contributed by atoms with Crippen LogP contribution in [-0.4, -0.2) is 60.8 Å². The Labute approximate surface area is 282 Å². The number of piperidine rings is 1. The average molecular weight is 662 g/mol. The van der Waals surface area contributed by atoms with Gasteiger partial charge in [-0.25, -0.2) is 4.79 Å². The summed E-state index contributed by atoms with van der Waals surface area (Å²) in [5, 5.41) is 10.3. The molecule has 1 fully saturated rings. The van der Waals surface area contributed by atoms with Crippen molar-refractivity contribution in [2.45, 2.75) is 72.1 Å². The molecule has 2 aliphatic heterocycles. The minimum Gasteiger partial charge on any atom is -0.493 e. The highest BCUT2D eigenvalue weighted by Crippen LogP contribution is 2.44. The first-order valence-corrected chi connectivity index (χ1v) is 16.4. The largest absolute Gasteiger partial charge is 0.493 e. The predicted octanol–water partition coefficient (Wildman–Crippen LogP) is 7.58. The molecule has 2 heterocycles. The Hall–Kier alpha value is -4.24. The Kier molecular flexibility index (Phi) is 9.78. The van der Waals surface area contributed by atoms with Crippen LogP contribution in [0.25, 0.3) is 0 Å². The highest BCUT2D eigenvalue weighted by molar-refractivity contribution is 6.30. The van der Waals surface area contributed by atoms with E-state index in [4.69, 9.17) is 21.1 Å². The lowest BCUT2D eigenvalue weighted by Gasteiger charge is -2.44. The molecule has 0 bridgehead atoms. The molecule has 0 spiro atoms. The maximum absolute atomic E-state index is 13.9. The third-order valence-corrected chi connectivity index (χ3v) is 9.43. The Morgan fingerprint density at radius 3 is 2.26 bits per heavy atom. The molecular weight excluding hydrogens is 618 g/mol. The van der Waals surface area contributed by atoms with Gasteiger partial charge in [-0.3, -0.25) is 9.59 Å². The number of anilines is 2. The number of benzene rings is 3. The maximum atomic E-state index is 13.9. The molecule has 3 amide bonds. The first-order valence-electron chi connectivity index (χ1n) is 16.0. The Morgan fingerprint density at radius 1 is 1.02 bits per heavy atom. The highest BCUT2D eigenvalue weighted by atomic mass is 35.5. The summed E-state index contributed by atoms with van der Waals surface area (Å²) < 4.78 is 11.7. The molecule has 3 aromatic carbocycles. The number of carbonyl (C=O) groups is 3. The summed E-state index contributed by atoms with van der Waals surface area (Å²) in [7, 11) is 3.34. The number of amides is 3. The van der Waals surface area contributed by atoms with Crippen molar-refractivity contribution in [2.75, 3.05) is 30.5 Å². The van der Waals surface area contributed by atoms with Crippen LogP contribution in [0.3, 0.4) is 0 Å². The van der Waals surface area contributed by atoms with Gasteiger partial charge in [0.15, 0.2) is 11.5 Å². The van der Waals surface area contributed by atoms with Crippen molar-refractivity contribution in [3.05, 3.63) is 82.4 Å². The molecule has 1 N–H and O–H groups in total. The average Bonchev–Trinajstić information content (AvgIpc) is 3.03. The molecule has 9 nitrogen and oxygen atoms in total. The molecule has 3 atom stereocenters. The molecular formula is C37H44ClN3O6. The van der Waals surface area contributed by atoms with Crippen molar-refractivity contribution in [3.8, 4) is 11.5 Å². The molecule has 0 aromatic heterocycles. The fraction of sp³-hybridized carbons (Fsp3) is 0.432. The molecule has 0 aliphatic carbocycles. The minimum absolute atomic E-state index is 0.0503. The van der Waals surface area contributed by atoms with E-state index in [9.17, 15) is 19.5 Å². The topological polar surface area (TPSA) is 99.6 Å².